The van der Waals surface area contributed by atoms with Gasteiger partial charge in [0.1, 0.15) is 22.0 Å². The third-order valence-electron chi connectivity index (χ3n) is 5.38. The van der Waals surface area contributed by atoms with Crippen molar-refractivity contribution in [1.82, 2.24) is 19.8 Å². The number of hydrogen-bond acceptors (Lipinski definition) is 7. The van der Waals surface area contributed by atoms with E-state index in [4.69, 9.17) is 12.2 Å². The average molecular weight is 454 g/mol. The Bertz CT molecular complexity index is 1080. The van der Waals surface area contributed by atoms with Gasteiger partial charge in [-0.15, -0.1) is 11.3 Å². The predicted molar refractivity (Wildman–Crippen MR) is 132 cm³/mol. The molecule has 4 rings (SSSR count). The van der Waals surface area contributed by atoms with Gasteiger partial charge < -0.3 is 20.2 Å². The van der Waals surface area contributed by atoms with Crippen LogP contribution in [0.4, 0.5) is 5.82 Å². The number of likely N-dealkylation sites (N-methyl/N-ethyl adjacent to an activating group) is 1. The normalized spacial score (nSPS) is 14.9. The second-order valence-electron chi connectivity index (χ2n) is 7.87. The van der Waals surface area contributed by atoms with Crippen molar-refractivity contribution in [3.05, 3.63) is 64.8 Å². The number of hydrogen-bond donors (Lipinski definition) is 2. The summed E-state index contributed by atoms with van der Waals surface area (Å²) in [6.07, 6.45) is 6.63. The molecule has 1 aliphatic rings. The zero-order valence-corrected chi connectivity index (χ0v) is 19.4. The Morgan fingerprint density at radius 3 is 2.87 bits per heavy atom. The van der Waals surface area contributed by atoms with Crippen LogP contribution >= 0.6 is 23.6 Å². The molecule has 31 heavy (non-hydrogen) atoms. The van der Waals surface area contributed by atoms with E-state index >= 15 is 0 Å². The number of rotatable bonds is 7. The number of thiocarbonyl (C=S) groups is 1. The summed E-state index contributed by atoms with van der Waals surface area (Å²) in [6, 6.07) is 9.74. The fourth-order valence-electron chi connectivity index (χ4n) is 3.78. The smallest absolute Gasteiger partial charge is 0.139 e. The van der Waals surface area contributed by atoms with E-state index in [1.807, 2.05) is 50.5 Å². The molecule has 0 saturated carbocycles. The molecule has 0 aliphatic carbocycles. The number of anilines is 1. The highest BCUT2D eigenvalue weighted by atomic mass is 32.1. The molecule has 0 radical (unpaired) electrons. The lowest BCUT2D eigenvalue weighted by Gasteiger charge is -2.28. The highest BCUT2D eigenvalue weighted by molar-refractivity contribution is 7.80. The number of fused-ring (bicyclic) bond motifs is 3. The molecule has 8 heteroatoms. The van der Waals surface area contributed by atoms with Crippen LogP contribution in [-0.2, 0) is 13.0 Å². The molecular weight excluding hydrogens is 426 g/mol. The van der Waals surface area contributed by atoms with Crippen LogP contribution in [0.25, 0.3) is 10.2 Å². The Labute approximate surface area is 192 Å². The lowest BCUT2D eigenvalue weighted by molar-refractivity contribution is 0.276. The molecular formula is C23H27N5OS2. The summed E-state index contributed by atoms with van der Waals surface area (Å²) in [7, 11) is 4.09. The minimum Gasteiger partial charge on any atom is -0.394 e. The molecule has 0 saturated heterocycles. The molecule has 1 aliphatic heterocycles. The van der Waals surface area contributed by atoms with Crippen molar-refractivity contribution in [3.63, 3.8) is 0 Å². The molecule has 3 heterocycles. The third-order valence-corrected chi connectivity index (χ3v) is 6.89. The second-order valence-corrected chi connectivity index (χ2v) is 9.37. The van der Waals surface area contributed by atoms with Crippen LogP contribution in [0.3, 0.4) is 0 Å². The van der Waals surface area contributed by atoms with Gasteiger partial charge in [-0.25, -0.2) is 9.97 Å². The van der Waals surface area contributed by atoms with E-state index < -0.39 is 0 Å². The molecule has 0 fully saturated rings. The van der Waals surface area contributed by atoms with Gasteiger partial charge in [0.05, 0.1) is 24.6 Å². The van der Waals surface area contributed by atoms with Gasteiger partial charge in [0, 0.05) is 18.0 Å². The number of aromatic nitrogens is 2. The third kappa shape index (κ3) is 4.93. The average Bonchev–Trinajstić information content (AvgIpc) is 3.16. The summed E-state index contributed by atoms with van der Waals surface area (Å²) in [5.74, 6) is 0.785. The zero-order chi connectivity index (χ0) is 21.8. The minimum atomic E-state index is -0.218. The number of nitrogens with zero attached hydrogens (tertiary/aromatic N) is 4. The van der Waals surface area contributed by atoms with Gasteiger partial charge in [0.15, 0.2) is 0 Å². The van der Waals surface area contributed by atoms with Crippen molar-refractivity contribution in [2.24, 2.45) is 0 Å². The van der Waals surface area contributed by atoms with Crippen molar-refractivity contribution in [3.8, 4) is 0 Å². The van der Waals surface area contributed by atoms with Gasteiger partial charge in [0.2, 0.25) is 0 Å². The van der Waals surface area contributed by atoms with Crippen LogP contribution in [0, 0.1) is 0 Å². The van der Waals surface area contributed by atoms with Crippen LogP contribution in [0.15, 0.2) is 48.8 Å². The molecule has 0 amide bonds. The Morgan fingerprint density at radius 2 is 2.13 bits per heavy atom. The fourth-order valence-corrected chi connectivity index (χ4v) is 5.23. The van der Waals surface area contributed by atoms with Gasteiger partial charge in [-0.05, 0) is 37.7 Å². The van der Waals surface area contributed by atoms with Crippen LogP contribution in [-0.4, -0.2) is 63.7 Å². The summed E-state index contributed by atoms with van der Waals surface area (Å²) in [5.41, 5.74) is 2.33. The molecule has 2 N–H and O–H groups in total. The van der Waals surface area contributed by atoms with Crippen LogP contribution in [0.2, 0.25) is 0 Å². The standard InChI is InChI=1S/C23H27N5OS2/c1-27(2)11-6-9-20(30)28-12-10-17-19(13-28)31-23-21(17)22(24-15-25-23)26-18(14-29)16-7-4-3-5-8-16/h3-9,15,18,29H,10-14H2,1-2H3,(H,24,25,26)/b9-6+/t18-/m1/s1. The summed E-state index contributed by atoms with van der Waals surface area (Å²) in [5, 5.41) is 14.5. The van der Waals surface area contributed by atoms with E-state index in [1.165, 1.54) is 10.4 Å². The maximum Gasteiger partial charge on any atom is 0.139 e. The van der Waals surface area contributed by atoms with Crippen molar-refractivity contribution >= 4 is 44.6 Å². The topological polar surface area (TPSA) is 64.5 Å². The SMILES string of the molecule is CN(C)C/C=C/C(=S)N1CCc2c(sc3ncnc(N[C@H](CO)c4ccccc4)c23)C1. The van der Waals surface area contributed by atoms with Gasteiger partial charge in [-0.2, -0.15) is 0 Å². The van der Waals surface area contributed by atoms with E-state index in [2.05, 4.69) is 31.2 Å². The van der Waals surface area contributed by atoms with Gasteiger partial charge in [-0.3, -0.25) is 0 Å². The van der Waals surface area contributed by atoms with E-state index in [-0.39, 0.29) is 12.6 Å². The predicted octanol–water partition coefficient (Wildman–Crippen LogP) is 3.64. The minimum absolute atomic E-state index is 0.0107. The summed E-state index contributed by atoms with van der Waals surface area (Å²) in [6.45, 7) is 2.53. The van der Waals surface area contributed by atoms with Gasteiger partial charge in [0.25, 0.3) is 0 Å². The largest absolute Gasteiger partial charge is 0.394 e. The highest BCUT2D eigenvalue weighted by Gasteiger charge is 2.25. The first-order chi connectivity index (χ1) is 15.1. The fraction of sp³-hybridized carbons (Fsp3) is 0.348. The molecule has 0 bridgehead atoms. The second kappa shape index (κ2) is 9.82. The monoisotopic (exact) mass is 453 g/mol. The molecule has 2 aromatic heterocycles. The Balaban J connectivity index is 1.58. The lowest BCUT2D eigenvalue weighted by atomic mass is 10.0. The first-order valence-corrected chi connectivity index (χ1v) is 11.6. The van der Waals surface area contributed by atoms with E-state index in [1.54, 1.807) is 17.7 Å². The molecule has 1 aromatic carbocycles. The zero-order valence-electron chi connectivity index (χ0n) is 17.8. The van der Waals surface area contributed by atoms with Gasteiger partial charge in [-0.1, -0.05) is 48.6 Å². The maximum atomic E-state index is 9.97. The summed E-state index contributed by atoms with van der Waals surface area (Å²) in [4.78, 5) is 16.6. The van der Waals surface area contributed by atoms with Crippen molar-refractivity contribution in [2.45, 2.75) is 19.0 Å². The van der Waals surface area contributed by atoms with E-state index in [9.17, 15) is 5.11 Å². The molecule has 6 nitrogen and oxygen atoms in total. The van der Waals surface area contributed by atoms with Crippen LogP contribution in [0.5, 0.6) is 0 Å². The lowest BCUT2D eigenvalue weighted by Crippen LogP contribution is -2.33. The number of aliphatic hydroxyl groups is 1. The molecule has 1 atom stereocenters. The first-order valence-electron chi connectivity index (χ1n) is 10.3. The van der Waals surface area contributed by atoms with Crippen LogP contribution < -0.4 is 5.32 Å². The molecule has 0 unspecified atom stereocenters. The number of nitrogens with one attached hydrogen (secondary N) is 1. The Kier molecular flexibility index (Phi) is 6.92. The number of thiophene rings is 1. The van der Waals surface area contributed by atoms with Crippen molar-refractivity contribution < 1.29 is 5.11 Å². The summed E-state index contributed by atoms with van der Waals surface area (Å²) >= 11 is 7.35. The van der Waals surface area contributed by atoms with E-state index in [0.29, 0.717) is 0 Å². The molecule has 3 aromatic rings. The number of aliphatic hydroxyl groups excluding tert-OH is 1. The van der Waals surface area contributed by atoms with Crippen molar-refractivity contribution in [1.29, 1.82) is 0 Å². The highest BCUT2D eigenvalue weighted by Crippen LogP contribution is 2.38. The number of benzene rings is 1. The maximum absolute atomic E-state index is 9.97. The van der Waals surface area contributed by atoms with Gasteiger partial charge >= 0.3 is 0 Å². The summed E-state index contributed by atoms with van der Waals surface area (Å²) < 4.78 is 0. The van der Waals surface area contributed by atoms with Crippen LogP contribution in [0.1, 0.15) is 22.0 Å². The quantitative estimate of drug-likeness (QED) is 0.418. The molecule has 0 spiro atoms. The van der Waals surface area contributed by atoms with E-state index in [0.717, 1.165) is 52.6 Å². The Morgan fingerprint density at radius 1 is 1.32 bits per heavy atom. The first kappa shape index (κ1) is 21.8. The molecule has 162 valence electrons. The Hall–Kier alpha value is -2.39. The van der Waals surface area contributed by atoms with Crippen molar-refractivity contribution in [2.75, 3.05) is 39.1 Å².